The molecule has 0 amide bonds. The minimum atomic E-state index is -1.38. The fourth-order valence-corrected chi connectivity index (χ4v) is 1.90. The van der Waals surface area contributed by atoms with Crippen molar-refractivity contribution in [1.82, 2.24) is 0 Å². The topological polar surface area (TPSA) is 74.2 Å². The van der Waals surface area contributed by atoms with Crippen molar-refractivity contribution < 1.29 is 28.8 Å². The number of methoxy groups -OCH3 is 2. The van der Waals surface area contributed by atoms with Crippen molar-refractivity contribution in [2.75, 3.05) is 14.2 Å². The largest absolute Gasteiger partial charge is 0.425 e. The Bertz CT molecular complexity index is 368. The van der Waals surface area contributed by atoms with E-state index in [0.29, 0.717) is 0 Å². The molecule has 0 bridgehead atoms. The smallest absolute Gasteiger partial charge is 0.340 e. The maximum absolute atomic E-state index is 11.9. The second-order valence-corrected chi connectivity index (χ2v) is 4.99. The molecule has 0 aromatic rings. The molecule has 1 N–H and O–H groups in total. The van der Waals surface area contributed by atoms with Gasteiger partial charge in [-0.15, -0.1) is 6.58 Å². The number of ether oxygens (including phenoxy) is 4. The van der Waals surface area contributed by atoms with Crippen LogP contribution in [0.3, 0.4) is 0 Å². The van der Waals surface area contributed by atoms with Crippen molar-refractivity contribution in [3.8, 4) is 0 Å². The molecule has 6 nitrogen and oxygen atoms in total. The van der Waals surface area contributed by atoms with E-state index < -0.39 is 29.8 Å². The van der Waals surface area contributed by atoms with Gasteiger partial charge in [-0.3, -0.25) is 0 Å². The Kier molecular flexibility index (Phi) is 4.73. The molecule has 0 radical (unpaired) electrons. The fourth-order valence-electron chi connectivity index (χ4n) is 1.90. The van der Waals surface area contributed by atoms with E-state index in [1.807, 2.05) is 0 Å². The van der Waals surface area contributed by atoms with Gasteiger partial charge in [0, 0.05) is 21.1 Å². The van der Waals surface area contributed by atoms with Crippen LogP contribution in [0.1, 0.15) is 27.2 Å². The van der Waals surface area contributed by atoms with E-state index in [2.05, 4.69) is 6.58 Å². The van der Waals surface area contributed by atoms with Gasteiger partial charge >= 0.3 is 5.97 Å². The van der Waals surface area contributed by atoms with Gasteiger partial charge in [0.2, 0.25) is 5.79 Å². The Balaban J connectivity index is 2.96. The van der Waals surface area contributed by atoms with E-state index in [4.69, 9.17) is 18.9 Å². The molecule has 1 aliphatic heterocycles. The SMILES string of the molecule is C=C(C)C[C@H](O)[C@@H]1O[C@@](C)(OC)[C@](C)(OC)OC1=O. The first-order chi connectivity index (χ1) is 8.69. The van der Waals surface area contributed by atoms with E-state index in [9.17, 15) is 9.90 Å². The predicted molar refractivity (Wildman–Crippen MR) is 67.2 cm³/mol. The molecule has 0 aromatic heterocycles. The summed E-state index contributed by atoms with van der Waals surface area (Å²) in [5.74, 6) is -3.37. The summed E-state index contributed by atoms with van der Waals surface area (Å²) in [6, 6.07) is 0. The highest BCUT2D eigenvalue weighted by atomic mass is 16.8. The van der Waals surface area contributed by atoms with E-state index >= 15 is 0 Å². The third-order valence-electron chi connectivity index (χ3n) is 3.39. The lowest BCUT2D eigenvalue weighted by molar-refractivity contribution is -0.410. The molecule has 1 heterocycles. The lowest BCUT2D eigenvalue weighted by Crippen LogP contribution is -2.65. The van der Waals surface area contributed by atoms with Crippen LogP contribution in [0.15, 0.2) is 12.2 Å². The number of aliphatic hydroxyl groups excluding tert-OH is 1. The van der Waals surface area contributed by atoms with Crippen LogP contribution < -0.4 is 0 Å². The molecule has 0 spiro atoms. The Morgan fingerprint density at radius 2 is 1.95 bits per heavy atom. The molecule has 0 aromatic carbocycles. The Morgan fingerprint density at radius 3 is 2.37 bits per heavy atom. The molecular formula is C13H22O6. The van der Waals surface area contributed by atoms with Crippen molar-refractivity contribution in [1.29, 1.82) is 0 Å². The van der Waals surface area contributed by atoms with Gasteiger partial charge < -0.3 is 24.1 Å². The number of aliphatic hydroxyl groups is 1. The van der Waals surface area contributed by atoms with Gasteiger partial charge in [0.15, 0.2) is 6.10 Å². The predicted octanol–water partition coefficient (Wildman–Crippen LogP) is 0.981. The standard InChI is InChI=1S/C13H22O6/c1-8(2)7-9(14)10-11(15)19-13(4,17-6)12(3,16-5)18-10/h9-10,14H,1,7H2,2-6H3/t9-,10-,12+,13+/m0/s1. The zero-order chi connectivity index (χ0) is 14.8. The van der Waals surface area contributed by atoms with Gasteiger partial charge in [-0.25, -0.2) is 4.79 Å². The van der Waals surface area contributed by atoms with Crippen molar-refractivity contribution in [2.24, 2.45) is 0 Å². The van der Waals surface area contributed by atoms with Crippen LogP contribution >= 0.6 is 0 Å². The Hall–Kier alpha value is -0.950. The third-order valence-corrected chi connectivity index (χ3v) is 3.39. The summed E-state index contributed by atoms with van der Waals surface area (Å²) in [5.41, 5.74) is 0.739. The van der Waals surface area contributed by atoms with Crippen molar-refractivity contribution in [3.05, 3.63) is 12.2 Å². The molecule has 0 aliphatic carbocycles. The van der Waals surface area contributed by atoms with Crippen molar-refractivity contribution in [3.63, 3.8) is 0 Å². The van der Waals surface area contributed by atoms with Crippen LogP contribution in [0.2, 0.25) is 0 Å². The monoisotopic (exact) mass is 274 g/mol. The summed E-state index contributed by atoms with van der Waals surface area (Å²) in [7, 11) is 2.80. The third kappa shape index (κ3) is 2.97. The molecule has 6 heteroatoms. The van der Waals surface area contributed by atoms with Gasteiger partial charge in [0.05, 0.1) is 6.10 Å². The number of carbonyl (C=O) groups is 1. The molecule has 0 saturated carbocycles. The molecule has 1 rings (SSSR count). The van der Waals surface area contributed by atoms with Gasteiger partial charge in [-0.2, -0.15) is 0 Å². The van der Waals surface area contributed by atoms with Gasteiger partial charge in [-0.05, 0) is 20.3 Å². The van der Waals surface area contributed by atoms with Gasteiger partial charge in [0.25, 0.3) is 5.79 Å². The number of rotatable bonds is 5. The number of hydrogen-bond acceptors (Lipinski definition) is 6. The minimum absolute atomic E-state index is 0.239. The normalized spacial score (nSPS) is 36.7. The summed E-state index contributed by atoms with van der Waals surface area (Å²) in [6.07, 6.45) is -1.94. The molecule has 19 heavy (non-hydrogen) atoms. The zero-order valence-corrected chi connectivity index (χ0v) is 12.1. The van der Waals surface area contributed by atoms with E-state index in [1.165, 1.54) is 21.1 Å². The number of esters is 1. The van der Waals surface area contributed by atoms with Gasteiger partial charge in [-0.1, -0.05) is 5.57 Å². The summed E-state index contributed by atoms with van der Waals surface area (Å²) in [5, 5.41) is 10.0. The summed E-state index contributed by atoms with van der Waals surface area (Å²) < 4.78 is 21.3. The maximum atomic E-state index is 11.9. The van der Waals surface area contributed by atoms with Crippen LogP contribution in [0.25, 0.3) is 0 Å². The van der Waals surface area contributed by atoms with Crippen molar-refractivity contribution >= 4 is 5.97 Å². The Morgan fingerprint density at radius 1 is 1.42 bits per heavy atom. The van der Waals surface area contributed by atoms with Gasteiger partial charge in [0.1, 0.15) is 0 Å². The van der Waals surface area contributed by atoms with Crippen LogP contribution in [-0.4, -0.2) is 49.1 Å². The van der Waals surface area contributed by atoms with E-state index in [1.54, 1.807) is 13.8 Å². The van der Waals surface area contributed by atoms with E-state index in [-0.39, 0.29) is 6.42 Å². The maximum Gasteiger partial charge on any atom is 0.340 e. The molecule has 110 valence electrons. The van der Waals surface area contributed by atoms with Crippen LogP contribution in [0, 0.1) is 0 Å². The lowest BCUT2D eigenvalue weighted by atomic mass is 10.0. The molecule has 4 atom stereocenters. The first-order valence-electron chi connectivity index (χ1n) is 6.02. The number of hydrogen-bond donors (Lipinski definition) is 1. The second-order valence-electron chi connectivity index (χ2n) is 4.99. The Labute approximate surface area is 113 Å². The highest BCUT2D eigenvalue weighted by Gasteiger charge is 2.58. The first kappa shape index (κ1) is 16.1. The second kappa shape index (κ2) is 5.58. The lowest BCUT2D eigenvalue weighted by Gasteiger charge is -2.48. The fraction of sp³-hybridized carbons (Fsp3) is 0.769. The average Bonchev–Trinajstić information content (AvgIpc) is 2.32. The minimum Gasteiger partial charge on any atom is -0.425 e. The first-order valence-corrected chi connectivity index (χ1v) is 6.02. The van der Waals surface area contributed by atoms with Crippen molar-refractivity contribution in [2.45, 2.75) is 51.0 Å². The van der Waals surface area contributed by atoms with Crippen LogP contribution in [0.5, 0.6) is 0 Å². The highest BCUT2D eigenvalue weighted by Crippen LogP contribution is 2.38. The summed E-state index contributed by atoms with van der Waals surface area (Å²) in [6.45, 7) is 8.57. The highest BCUT2D eigenvalue weighted by molar-refractivity contribution is 5.76. The molecular weight excluding hydrogens is 252 g/mol. The molecule has 0 unspecified atom stereocenters. The molecule has 1 saturated heterocycles. The zero-order valence-electron chi connectivity index (χ0n) is 12.1. The average molecular weight is 274 g/mol. The number of cyclic esters (lactones) is 1. The summed E-state index contributed by atoms with van der Waals surface area (Å²) >= 11 is 0. The summed E-state index contributed by atoms with van der Waals surface area (Å²) in [4.78, 5) is 11.9. The van der Waals surface area contributed by atoms with Crippen LogP contribution in [0.4, 0.5) is 0 Å². The molecule has 1 fully saturated rings. The molecule has 1 aliphatic rings. The number of carbonyl (C=O) groups excluding carboxylic acids is 1. The quantitative estimate of drug-likeness (QED) is 0.595. The van der Waals surface area contributed by atoms with Crippen LogP contribution in [-0.2, 0) is 23.7 Å². The van der Waals surface area contributed by atoms with E-state index in [0.717, 1.165) is 5.57 Å².